The number of benzene rings is 1. The van der Waals surface area contributed by atoms with Gasteiger partial charge in [-0.3, -0.25) is 4.79 Å². The van der Waals surface area contributed by atoms with E-state index in [1.54, 1.807) is 29.8 Å². The molecule has 1 aliphatic rings. The third-order valence-electron chi connectivity index (χ3n) is 4.83. The maximum atomic E-state index is 13.0. The molecule has 2 heterocycles. The van der Waals surface area contributed by atoms with Crippen LogP contribution < -0.4 is 5.32 Å². The summed E-state index contributed by atoms with van der Waals surface area (Å²) in [7, 11) is 0. The molecule has 4 rings (SSSR count). The molecule has 0 saturated carbocycles. The van der Waals surface area contributed by atoms with Crippen molar-refractivity contribution in [3.05, 3.63) is 46.9 Å². The second-order valence-corrected chi connectivity index (χ2v) is 9.38. The molecule has 27 heavy (non-hydrogen) atoms. The summed E-state index contributed by atoms with van der Waals surface area (Å²) in [5, 5.41) is 4.49. The highest BCUT2D eigenvalue weighted by molar-refractivity contribution is 8.00. The van der Waals surface area contributed by atoms with Crippen molar-refractivity contribution in [3.8, 4) is 0 Å². The largest absolute Gasteiger partial charge is 0.325 e. The summed E-state index contributed by atoms with van der Waals surface area (Å²) in [5.41, 5.74) is 1.95. The molecule has 3 aromatic rings. The number of amides is 1. The number of rotatable bonds is 4. The second kappa shape index (κ2) is 7.56. The Morgan fingerprint density at radius 3 is 2.89 bits per heavy atom. The van der Waals surface area contributed by atoms with Crippen LogP contribution in [0.5, 0.6) is 0 Å². The highest BCUT2D eigenvalue weighted by Gasteiger charge is 2.25. The van der Waals surface area contributed by atoms with E-state index in [1.165, 1.54) is 40.8 Å². The van der Waals surface area contributed by atoms with Crippen LogP contribution in [0, 0.1) is 11.7 Å². The van der Waals surface area contributed by atoms with E-state index < -0.39 is 0 Å². The molecule has 0 unspecified atom stereocenters. The van der Waals surface area contributed by atoms with Crippen molar-refractivity contribution < 1.29 is 9.18 Å². The van der Waals surface area contributed by atoms with Crippen LogP contribution in [0.25, 0.3) is 10.2 Å². The van der Waals surface area contributed by atoms with E-state index in [9.17, 15) is 9.18 Å². The smallest absolute Gasteiger partial charge is 0.237 e. The van der Waals surface area contributed by atoms with Gasteiger partial charge in [0.1, 0.15) is 22.0 Å². The first kappa shape index (κ1) is 18.4. The summed E-state index contributed by atoms with van der Waals surface area (Å²) in [4.78, 5) is 23.9. The number of aromatic nitrogens is 2. The van der Waals surface area contributed by atoms with Crippen LogP contribution in [-0.2, 0) is 17.6 Å². The van der Waals surface area contributed by atoms with E-state index in [2.05, 4.69) is 22.2 Å². The first-order valence-corrected chi connectivity index (χ1v) is 10.7. The summed E-state index contributed by atoms with van der Waals surface area (Å²) in [6.07, 6.45) is 4.91. The fourth-order valence-electron chi connectivity index (χ4n) is 3.33. The van der Waals surface area contributed by atoms with Gasteiger partial charge < -0.3 is 5.32 Å². The van der Waals surface area contributed by atoms with Gasteiger partial charge in [0.05, 0.1) is 5.25 Å². The van der Waals surface area contributed by atoms with Crippen molar-refractivity contribution in [2.75, 3.05) is 5.32 Å². The van der Waals surface area contributed by atoms with Crippen LogP contribution in [0.1, 0.15) is 30.7 Å². The Balaban J connectivity index is 1.56. The number of aryl methyl sites for hydroxylation is 1. The molecule has 0 bridgehead atoms. The SMILES string of the molecule is C[C@@H]1CCc2c(sc3ncnc(S[C@@H](C)C(=O)Nc4ccc(F)cc4)c23)C1. The Kier molecular flexibility index (Phi) is 5.14. The molecule has 4 nitrogen and oxygen atoms in total. The zero-order valence-electron chi connectivity index (χ0n) is 15.2. The zero-order valence-corrected chi connectivity index (χ0v) is 16.8. The Morgan fingerprint density at radius 1 is 1.33 bits per heavy atom. The summed E-state index contributed by atoms with van der Waals surface area (Å²) < 4.78 is 13.0. The number of hydrogen-bond acceptors (Lipinski definition) is 5. The standard InChI is InChI=1S/C20H20FN3OS2/c1-11-3-8-15-16(9-11)27-20-17(15)19(22-10-23-20)26-12(2)18(25)24-14-6-4-13(21)5-7-14/h4-7,10-12H,3,8-9H2,1-2H3,(H,24,25)/t11-,12+/m1/s1. The minimum atomic E-state index is -0.328. The van der Waals surface area contributed by atoms with Crippen molar-refractivity contribution >= 4 is 44.9 Å². The molecule has 0 radical (unpaired) electrons. The predicted molar refractivity (Wildman–Crippen MR) is 109 cm³/mol. The van der Waals surface area contributed by atoms with E-state index in [1.807, 2.05) is 6.92 Å². The van der Waals surface area contributed by atoms with Crippen LogP contribution >= 0.6 is 23.1 Å². The lowest BCUT2D eigenvalue weighted by Crippen LogP contribution is -2.22. The fraction of sp³-hybridized carbons (Fsp3) is 0.350. The molecule has 140 valence electrons. The molecule has 2 aromatic heterocycles. The second-order valence-electron chi connectivity index (χ2n) is 6.97. The summed E-state index contributed by atoms with van der Waals surface area (Å²) in [6, 6.07) is 5.79. The van der Waals surface area contributed by atoms with Crippen molar-refractivity contribution in [1.82, 2.24) is 9.97 Å². The quantitative estimate of drug-likeness (QED) is 0.490. The van der Waals surface area contributed by atoms with E-state index in [0.717, 1.165) is 28.1 Å². The molecular formula is C20H20FN3OS2. The van der Waals surface area contributed by atoms with Gasteiger partial charge in [-0.1, -0.05) is 18.7 Å². The zero-order chi connectivity index (χ0) is 19.0. The number of carbonyl (C=O) groups is 1. The van der Waals surface area contributed by atoms with E-state index in [0.29, 0.717) is 11.6 Å². The normalized spacial score (nSPS) is 17.5. The highest BCUT2D eigenvalue weighted by Crippen LogP contribution is 2.41. The molecule has 0 aliphatic heterocycles. The molecule has 1 N–H and O–H groups in total. The average Bonchev–Trinajstić information content (AvgIpc) is 3.01. The van der Waals surface area contributed by atoms with Crippen molar-refractivity contribution in [3.63, 3.8) is 0 Å². The minimum absolute atomic E-state index is 0.129. The Labute approximate surface area is 165 Å². The van der Waals surface area contributed by atoms with E-state index in [4.69, 9.17) is 0 Å². The lowest BCUT2D eigenvalue weighted by atomic mass is 9.89. The summed E-state index contributed by atoms with van der Waals surface area (Å²) >= 11 is 3.21. The molecular weight excluding hydrogens is 381 g/mol. The number of carbonyl (C=O) groups excluding carboxylic acids is 1. The van der Waals surface area contributed by atoms with Crippen molar-refractivity contribution in [2.24, 2.45) is 5.92 Å². The van der Waals surface area contributed by atoms with E-state index in [-0.39, 0.29) is 17.0 Å². The molecule has 1 amide bonds. The highest BCUT2D eigenvalue weighted by atomic mass is 32.2. The van der Waals surface area contributed by atoms with Gasteiger partial charge >= 0.3 is 0 Å². The third kappa shape index (κ3) is 3.84. The number of thioether (sulfide) groups is 1. The molecule has 2 atom stereocenters. The predicted octanol–water partition coefficient (Wildman–Crippen LogP) is 5.07. The minimum Gasteiger partial charge on any atom is -0.325 e. The van der Waals surface area contributed by atoms with Gasteiger partial charge in [-0.2, -0.15) is 0 Å². The van der Waals surface area contributed by atoms with Crippen molar-refractivity contribution in [2.45, 2.75) is 43.4 Å². The van der Waals surface area contributed by atoms with Gasteiger partial charge in [0.15, 0.2) is 0 Å². The summed E-state index contributed by atoms with van der Waals surface area (Å²) in [5.74, 6) is 0.251. The molecule has 1 aromatic carbocycles. The monoisotopic (exact) mass is 401 g/mol. The first-order valence-electron chi connectivity index (χ1n) is 8.99. The third-order valence-corrected chi connectivity index (χ3v) is 7.09. The van der Waals surface area contributed by atoms with E-state index >= 15 is 0 Å². The number of hydrogen-bond donors (Lipinski definition) is 1. The van der Waals surface area contributed by atoms with Crippen LogP contribution in [-0.4, -0.2) is 21.1 Å². The topological polar surface area (TPSA) is 54.9 Å². The number of halogens is 1. The van der Waals surface area contributed by atoms with Crippen LogP contribution in [0.15, 0.2) is 35.6 Å². The fourth-order valence-corrected chi connectivity index (χ4v) is 5.70. The van der Waals surface area contributed by atoms with Gasteiger partial charge in [-0.25, -0.2) is 14.4 Å². The van der Waals surface area contributed by atoms with Gasteiger partial charge in [-0.15, -0.1) is 11.3 Å². The van der Waals surface area contributed by atoms with Crippen LogP contribution in [0.2, 0.25) is 0 Å². The number of fused-ring (bicyclic) bond motifs is 3. The lowest BCUT2D eigenvalue weighted by Gasteiger charge is -2.18. The molecule has 0 saturated heterocycles. The Morgan fingerprint density at radius 2 is 2.11 bits per heavy atom. The van der Waals surface area contributed by atoms with Crippen molar-refractivity contribution in [1.29, 1.82) is 0 Å². The number of anilines is 1. The molecule has 0 fully saturated rings. The van der Waals surface area contributed by atoms with Gasteiger partial charge in [-0.05, 0) is 61.9 Å². The molecule has 1 aliphatic carbocycles. The number of thiophene rings is 1. The first-order chi connectivity index (χ1) is 13.0. The average molecular weight is 402 g/mol. The van der Waals surface area contributed by atoms with Crippen LogP contribution in [0.3, 0.4) is 0 Å². The van der Waals surface area contributed by atoms with Gasteiger partial charge in [0, 0.05) is 16.0 Å². The molecule has 7 heteroatoms. The van der Waals surface area contributed by atoms with Crippen LogP contribution in [0.4, 0.5) is 10.1 Å². The molecule has 0 spiro atoms. The number of nitrogens with one attached hydrogen (secondary N) is 1. The summed E-state index contributed by atoms with van der Waals surface area (Å²) in [6.45, 7) is 4.15. The number of nitrogens with zero attached hydrogens (tertiary/aromatic N) is 2. The van der Waals surface area contributed by atoms with Gasteiger partial charge in [0.25, 0.3) is 0 Å². The maximum absolute atomic E-state index is 13.0. The lowest BCUT2D eigenvalue weighted by molar-refractivity contribution is -0.115. The Hall–Kier alpha value is -1.99. The van der Waals surface area contributed by atoms with Gasteiger partial charge in [0.2, 0.25) is 5.91 Å². The Bertz CT molecular complexity index is 987. The maximum Gasteiger partial charge on any atom is 0.237 e.